The van der Waals surface area contributed by atoms with Crippen LogP contribution in [0.1, 0.15) is 0 Å². The summed E-state index contributed by atoms with van der Waals surface area (Å²) in [6.07, 6.45) is 0. The van der Waals surface area contributed by atoms with E-state index in [4.69, 9.17) is 4.42 Å². The SMILES string of the molecule is c1ccc2c(c1)sc1ccc(-c3cc(-c4ccc5oc6ccc(-n7c8ccccc8c8ccccc87)cc6c5c4)cc(-n4c5ccccc5c5ccccc54)c3)cc12. The van der Waals surface area contributed by atoms with E-state index in [-0.39, 0.29) is 0 Å². The van der Waals surface area contributed by atoms with E-state index in [9.17, 15) is 0 Å². The molecule has 13 rings (SSSR count). The molecular formula is C54H32N2OS. The number of hydrogen-bond acceptors (Lipinski definition) is 2. The number of rotatable bonds is 4. The van der Waals surface area contributed by atoms with Gasteiger partial charge in [-0.05, 0) is 113 Å². The summed E-state index contributed by atoms with van der Waals surface area (Å²) in [5.41, 5.74) is 13.5. The van der Waals surface area contributed by atoms with Crippen LogP contribution in [0.3, 0.4) is 0 Å². The minimum Gasteiger partial charge on any atom is -0.456 e. The quantitative estimate of drug-likeness (QED) is 0.175. The lowest BCUT2D eigenvalue weighted by Crippen LogP contribution is -1.96. The van der Waals surface area contributed by atoms with Crippen LogP contribution in [0.15, 0.2) is 199 Å². The van der Waals surface area contributed by atoms with Crippen LogP contribution >= 0.6 is 11.3 Å². The molecule has 0 radical (unpaired) electrons. The number of nitrogens with zero attached hydrogens (tertiary/aromatic N) is 2. The van der Waals surface area contributed by atoms with E-state index < -0.39 is 0 Å². The Kier molecular flexibility index (Phi) is 6.60. The van der Waals surface area contributed by atoms with Gasteiger partial charge in [0.25, 0.3) is 0 Å². The molecule has 0 N–H and O–H groups in total. The normalized spacial score (nSPS) is 12.1. The molecule has 270 valence electrons. The van der Waals surface area contributed by atoms with Gasteiger partial charge in [0.1, 0.15) is 11.2 Å². The van der Waals surface area contributed by atoms with Crippen LogP contribution in [0, 0.1) is 0 Å². The van der Waals surface area contributed by atoms with Crippen molar-refractivity contribution in [2.45, 2.75) is 0 Å². The van der Waals surface area contributed by atoms with Crippen LogP contribution < -0.4 is 0 Å². The van der Waals surface area contributed by atoms with Crippen molar-refractivity contribution >= 4 is 97.1 Å². The van der Waals surface area contributed by atoms with Crippen LogP contribution in [0.4, 0.5) is 0 Å². The van der Waals surface area contributed by atoms with Crippen LogP contribution in [-0.2, 0) is 0 Å². The van der Waals surface area contributed by atoms with Crippen LogP contribution in [0.25, 0.3) is 119 Å². The molecule has 13 aromatic rings. The summed E-state index contributed by atoms with van der Waals surface area (Å²) < 4.78 is 13.9. The first-order chi connectivity index (χ1) is 28.7. The molecule has 0 unspecified atom stereocenters. The van der Waals surface area contributed by atoms with Crippen molar-refractivity contribution in [3.8, 4) is 33.6 Å². The van der Waals surface area contributed by atoms with Crippen LogP contribution in [-0.4, -0.2) is 9.13 Å². The second-order valence-corrected chi connectivity index (χ2v) is 16.4. The van der Waals surface area contributed by atoms with Gasteiger partial charge in [-0.3, -0.25) is 0 Å². The van der Waals surface area contributed by atoms with Crippen molar-refractivity contribution in [3.63, 3.8) is 0 Å². The fourth-order valence-corrected chi connectivity index (χ4v) is 10.6. The number of furan rings is 1. The number of hydrogen-bond donors (Lipinski definition) is 0. The Morgan fingerprint density at radius 2 is 0.741 bits per heavy atom. The van der Waals surface area contributed by atoms with Gasteiger partial charge in [-0.1, -0.05) is 103 Å². The summed E-state index contributed by atoms with van der Waals surface area (Å²) in [5.74, 6) is 0. The van der Waals surface area contributed by atoms with Crippen molar-refractivity contribution in [3.05, 3.63) is 194 Å². The summed E-state index contributed by atoms with van der Waals surface area (Å²) in [7, 11) is 0. The molecule has 0 amide bonds. The summed E-state index contributed by atoms with van der Waals surface area (Å²) in [4.78, 5) is 0. The van der Waals surface area contributed by atoms with Crippen LogP contribution in [0.5, 0.6) is 0 Å². The molecule has 9 aromatic carbocycles. The predicted octanol–water partition coefficient (Wildman–Crippen LogP) is 15.5. The maximum Gasteiger partial charge on any atom is 0.135 e. The zero-order valence-electron chi connectivity index (χ0n) is 31.2. The van der Waals surface area contributed by atoms with E-state index >= 15 is 0 Å². The smallest absolute Gasteiger partial charge is 0.135 e. The summed E-state index contributed by atoms with van der Waals surface area (Å²) >= 11 is 1.86. The molecule has 0 bridgehead atoms. The Morgan fingerprint density at radius 1 is 0.293 bits per heavy atom. The lowest BCUT2D eigenvalue weighted by atomic mass is 9.96. The van der Waals surface area contributed by atoms with Gasteiger partial charge in [0, 0.05) is 63.9 Å². The number of aromatic nitrogens is 2. The van der Waals surface area contributed by atoms with Crippen molar-refractivity contribution in [1.29, 1.82) is 0 Å². The average Bonchev–Trinajstić information content (AvgIpc) is 4.03. The number of fused-ring (bicyclic) bond motifs is 12. The van der Waals surface area contributed by atoms with Crippen molar-refractivity contribution in [2.24, 2.45) is 0 Å². The van der Waals surface area contributed by atoms with E-state index in [1.54, 1.807) is 0 Å². The molecule has 4 heteroatoms. The van der Waals surface area contributed by atoms with Crippen LogP contribution in [0.2, 0.25) is 0 Å². The molecule has 4 aromatic heterocycles. The molecular weight excluding hydrogens is 725 g/mol. The average molecular weight is 757 g/mol. The number of thiophene rings is 1. The highest BCUT2D eigenvalue weighted by molar-refractivity contribution is 7.25. The monoisotopic (exact) mass is 756 g/mol. The second kappa shape index (κ2) is 12.1. The van der Waals surface area contributed by atoms with Gasteiger partial charge in [0.15, 0.2) is 0 Å². The molecule has 4 heterocycles. The van der Waals surface area contributed by atoms with E-state index in [0.717, 1.165) is 44.4 Å². The Labute approximate surface area is 336 Å². The van der Waals surface area contributed by atoms with Gasteiger partial charge in [0.05, 0.1) is 22.1 Å². The van der Waals surface area contributed by atoms with Gasteiger partial charge in [0.2, 0.25) is 0 Å². The third-order valence-electron chi connectivity index (χ3n) is 12.1. The molecule has 0 spiro atoms. The Hall–Kier alpha value is -7.40. The van der Waals surface area contributed by atoms with Gasteiger partial charge in [-0.25, -0.2) is 0 Å². The van der Waals surface area contributed by atoms with E-state index in [0.29, 0.717) is 0 Å². The Balaban J connectivity index is 1.04. The molecule has 3 nitrogen and oxygen atoms in total. The minimum absolute atomic E-state index is 0.881. The largest absolute Gasteiger partial charge is 0.456 e. The first-order valence-corrected chi connectivity index (χ1v) is 20.6. The maximum absolute atomic E-state index is 6.52. The van der Waals surface area contributed by atoms with Gasteiger partial charge < -0.3 is 13.6 Å². The van der Waals surface area contributed by atoms with Gasteiger partial charge in [-0.15, -0.1) is 11.3 Å². The molecule has 0 aliphatic heterocycles. The highest BCUT2D eigenvalue weighted by Gasteiger charge is 2.18. The Morgan fingerprint density at radius 3 is 1.34 bits per heavy atom. The van der Waals surface area contributed by atoms with Gasteiger partial charge in [-0.2, -0.15) is 0 Å². The molecule has 0 fully saturated rings. The Bertz CT molecular complexity index is 3710. The predicted molar refractivity (Wildman–Crippen MR) is 246 cm³/mol. The standard InChI is InChI=1S/C54H32N2OS/c1-6-16-47-39(11-1)40-12-2-7-17-48(40)55(47)37-23-25-52-45(32-37)44-30-33(21-24-51(44)57-52)35-27-36(34-22-26-54-46(31-34)43-15-5-10-20-53(43)58-54)29-38(28-35)56-49-18-8-3-13-41(49)42-14-4-9-19-50(42)56/h1-32H. The van der Waals surface area contributed by atoms with E-state index in [2.05, 4.69) is 203 Å². The van der Waals surface area contributed by atoms with Crippen molar-refractivity contribution < 1.29 is 4.42 Å². The third kappa shape index (κ3) is 4.61. The molecule has 0 aliphatic carbocycles. The molecule has 0 saturated heterocycles. The highest BCUT2D eigenvalue weighted by Crippen LogP contribution is 2.41. The fourth-order valence-electron chi connectivity index (χ4n) is 9.46. The molecule has 0 saturated carbocycles. The zero-order chi connectivity index (χ0) is 37.9. The maximum atomic E-state index is 6.52. The number of benzene rings is 9. The molecule has 0 atom stereocenters. The first-order valence-electron chi connectivity index (χ1n) is 19.7. The van der Waals surface area contributed by atoms with E-state index in [1.165, 1.54) is 74.9 Å². The van der Waals surface area contributed by atoms with Crippen molar-refractivity contribution in [2.75, 3.05) is 0 Å². The summed E-state index contributed by atoms with van der Waals surface area (Å²) in [6, 6.07) is 70.9. The number of para-hydroxylation sites is 4. The molecule has 0 aliphatic rings. The third-order valence-corrected chi connectivity index (χ3v) is 13.2. The topological polar surface area (TPSA) is 23.0 Å². The lowest BCUT2D eigenvalue weighted by Gasteiger charge is -2.14. The lowest BCUT2D eigenvalue weighted by molar-refractivity contribution is 0.669. The first kappa shape index (κ1) is 31.8. The van der Waals surface area contributed by atoms with E-state index in [1.807, 2.05) is 11.3 Å². The second-order valence-electron chi connectivity index (χ2n) is 15.3. The van der Waals surface area contributed by atoms with Crippen molar-refractivity contribution in [1.82, 2.24) is 9.13 Å². The summed E-state index contributed by atoms with van der Waals surface area (Å²) in [5, 5.41) is 9.82. The van der Waals surface area contributed by atoms with Gasteiger partial charge >= 0.3 is 0 Å². The highest BCUT2D eigenvalue weighted by atomic mass is 32.1. The zero-order valence-corrected chi connectivity index (χ0v) is 32.0. The minimum atomic E-state index is 0.881. The summed E-state index contributed by atoms with van der Waals surface area (Å²) in [6.45, 7) is 0. The molecule has 58 heavy (non-hydrogen) atoms. The fraction of sp³-hybridized carbons (Fsp3) is 0.